The molecule has 3 rings (SSSR count). The molecule has 1 aliphatic carbocycles. The third-order valence-corrected chi connectivity index (χ3v) is 4.73. The Morgan fingerprint density at radius 2 is 1.89 bits per heavy atom. The Balaban J connectivity index is 1.47. The standard InChI is InChI=1S/C21H26N2O4/c1-25-19-8-7-15(13-20(19)26-2)9-11-23-21(24)14-27-18-10-12-22-17-6-4-3-5-16(17)18/h7-8,10,12-13H,3-6,9,11,14H2,1-2H3,(H,23,24). The maximum atomic E-state index is 12.1. The van der Waals surface area contributed by atoms with Gasteiger partial charge in [0.1, 0.15) is 5.75 Å². The number of carbonyl (C=O) groups excluding carboxylic acids is 1. The van der Waals surface area contributed by atoms with Gasteiger partial charge in [-0.2, -0.15) is 0 Å². The quantitative estimate of drug-likeness (QED) is 0.774. The molecule has 0 unspecified atom stereocenters. The second-order valence-corrected chi connectivity index (χ2v) is 6.52. The molecule has 0 atom stereocenters. The molecule has 1 N–H and O–H groups in total. The van der Waals surface area contributed by atoms with E-state index in [2.05, 4.69) is 10.3 Å². The lowest BCUT2D eigenvalue weighted by molar-refractivity contribution is -0.123. The van der Waals surface area contributed by atoms with Gasteiger partial charge in [-0.1, -0.05) is 6.07 Å². The number of nitrogens with one attached hydrogen (secondary N) is 1. The second-order valence-electron chi connectivity index (χ2n) is 6.52. The van der Waals surface area contributed by atoms with Crippen LogP contribution < -0.4 is 19.5 Å². The Hall–Kier alpha value is -2.76. The molecular weight excluding hydrogens is 344 g/mol. The van der Waals surface area contributed by atoms with E-state index in [0.717, 1.165) is 41.8 Å². The molecule has 144 valence electrons. The molecule has 6 heteroatoms. The van der Waals surface area contributed by atoms with Gasteiger partial charge in [-0.05, 0) is 55.9 Å². The number of fused-ring (bicyclic) bond motifs is 1. The van der Waals surface area contributed by atoms with Crippen LogP contribution in [-0.2, 0) is 24.1 Å². The molecule has 1 aromatic heterocycles. The first-order valence-electron chi connectivity index (χ1n) is 9.28. The molecular formula is C21H26N2O4. The van der Waals surface area contributed by atoms with Gasteiger partial charge in [-0.15, -0.1) is 0 Å². The van der Waals surface area contributed by atoms with E-state index < -0.39 is 0 Å². The van der Waals surface area contributed by atoms with Crippen molar-refractivity contribution in [3.63, 3.8) is 0 Å². The van der Waals surface area contributed by atoms with Crippen molar-refractivity contribution in [2.45, 2.75) is 32.1 Å². The van der Waals surface area contributed by atoms with Crippen LogP contribution in [0.25, 0.3) is 0 Å². The van der Waals surface area contributed by atoms with Crippen molar-refractivity contribution < 1.29 is 19.0 Å². The normalized spacial score (nSPS) is 12.8. The van der Waals surface area contributed by atoms with E-state index in [1.54, 1.807) is 20.4 Å². The number of carbonyl (C=O) groups is 1. The van der Waals surface area contributed by atoms with E-state index in [0.29, 0.717) is 24.5 Å². The van der Waals surface area contributed by atoms with Crippen LogP contribution in [0.5, 0.6) is 17.2 Å². The van der Waals surface area contributed by atoms with Crippen LogP contribution in [-0.4, -0.2) is 38.3 Å². The minimum atomic E-state index is -0.128. The van der Waals surface area contributed by atoms with Crippen molar-refractivity contribution in [3.05, 3.63) is 47.3 Å². The molecule has 0 saturated carbocycles. The van der Waals surface area contributed by atoms with Crippen molar-refractivity contribution >= 4 is 5.91 Å². The Bertz CT molecular complexity index is 792. The zero-order valence-corrected chi connectivity index (χ0v) is 15.9. The van der Waals surface area contributed by atoms with Gasteiger partial charge < -0.3 is 19.5 Å². The van der Waals surface area contributed by atoms with Gasteiger partial charge in [0.2, 0.25) is 0 Å². The van der Waals surface area contributed by atoms with E-state index >= 15 is 0 Å². The highest BCUT2D eigenvalue weighted by molar-refractivity contribution is 5.77. The highest BCUT2D eigenvalue weighted by Crippen LogP contribution is 2.28. The van der Waals surface area contributed by atoms with Crippen LogP contribution in [0.4, 0.5) is 0 Å². The smallest absolute Gasteiger partial charge is 0.257 e. The van der Waals surface area contributed by atoms with E-state index in [9.17, 15) is 4.79 Å². The summed E-state index contributed by atoms with van der Waals surface area (Å²) in [6.45, 7) is 0.550. The summed E-state index contributed by atoms with van der Waals surface area (Å²) in [7, 11) is 3.22. The van der Waals surface area contributed by atoms with Crippen molar-refractivity contribution in [2.24, 2.45) is 0 Å². The minimum absolute atomic E-state index is 0.0163. The van der Waals surface area contributed by atoms with Crippen LogP contribution in [0, 0.1) is 0 Å². The van der Waals surface area contributed by atoms with Gasteiger partial charge in [0.05, 0.1) is 14.2 Å². The average Bonchev–Trinajstić information content (AvgIpc) is 2.72. The molecule has 0 aliphatic heterocycles. The third kappa shape index (κ3) is 4.90. The number of pyridine rings is 1. The lowest BCUT2D eigenvalue weighted by Crippen LogP contribution is -2.30. The van der Waals surface area contributed by atoms with Crippen molar-refractivity contribution in [1.82, 2.24) is 10.3 Å². The van der Waals surface area contributed by atoms with Gasteiger partial charge >= 0.3 is 0 Å². The number of nitrogens with zero attached hydrogens (tertiary/aromatic N) is 1. The molecule has 0 fully saturated rings. The molecule has 6 nitrogen and oxygen atoms in total. The number of ether oxygens (including phenoxy) is 3. The number of aryl methyl sites for hydroxylation is 1. The average molecular weight is 370 g/mol. The van der Waals surface area contributed by atoms with Crippen LogP contribution in [0.15, 0.2) is 30.5 Å². The fourth-order valence-electron chi connectivity index (χ4n) is 3.30. The molecule has 0 saturated heterocycles. The summed E-state index contributed by atoms with van der Waals surface area (Å²) < 4.78 is 16.3. The maximum Gasteiger partial charge on any atom is 0.257 e. The van der Waals surface area contributed by atoms with Gasteiger partial charge in [-0.25, -0.2) is 0 Å². The summed E-state index contributed by atoms with van der Waals surface area (Å²) >= 11 is 0. The topological polar surface area (TPSA) is 69.7 Å². The minimum Gasteiger partial charge on any atom is -0.493 e. The van der Waals surface area contributed by atoms with Gasteiger partial charge in [-0.3, -0.25) is 9.78 Å². The number of aromatic nitrogens is 1. The second kappa shape index (κ2) is 9.26. The lowest BCUT2D eigenvalue weighted by Gasteiger charge is -2.18. The van der Waals surface area contributed by atoms with Crippen LogP contribution in [0.1, 0.15) is 29.7 Å². The molecule has 0 spiro atoms. The molecule has 0 radical (unpaired) electrons. The van der Waals surface area contributed by atoms with E-state index in [4.69, 9.17) is 14.2 Å². The summed E-state index contributed by atoms with van der Waals surface area (Å²) in [4.78, 5) is 16.5. The van der Waals surface area contributed by atoms with E-state index in [-0.39, 0.29) is 12.5 Å². The first-order chi connectivity index (χ1) is 13.2. The van der Waals surface area contributed by atoms with Crippen LogP contribution in [0.2, 0.25) is 0 Å². The van der Waals surface area contributed by atoms with Crippen molar-refractivity contribution in [2.75, 3.05) is 27.4 Å². The number of hydrogen-bond acceptors (Lipinski definition) is 5. The Morgan fingerprint density at radius 1 is 1.07 bits per heavy atom. The van der Waals surface area contributed by atoms with E-state index in [1.165, 1.54) is 6.42 Å². The number of amides is 1. The fourth-order valence-corrected chi connectivity index (χ4v) is 3.30. The highest BCUT2D eigenvalue weighted by atomic mass is 16.5. The number of rotatable bonds is 8. The lowest BCUT2D eigenvalue weighted by atomic mass is 9.95. The Morgan fingerprint density at radius 3 is 2.70 bits per heavy atom. The van der Waals surface area contributed by atoms with Crippen LogP contribution in [0.3, 0.4) is 0 Å². The number of hydrogen-bond donors (Lipinski definition) is 1. The summed E-state index contributed by atoms with van der Waals surface area (Å²) in [5.41, 5.74) is 3.33. The fraction of sp³-hybridized carbons (Fsp3) is 0.429. The molecule has 1 aromatic carbocycles. The summed E-state index contributed by atoms with van der Waals surface area (Å²) in [6, 6.07) is 7.60. The SMILES string of the molecule is COc1ccc(CCNC(=O)COc2ccnc3c2CCCC3)cc1OC. The van der Waals surface area contributed by atoms with E-state index in [1.807, 2.05) is 24.3 Å². The molecule has 2 aromatic rings. The van der Waals surface area contributed by atoms with Crippen molar-refractivity contribution in [3.8, 4) is 17.2 Å². The van der Waals surface area contributed by atoms with Gasteiger partial charge in [0.15, 0.2) is 18.1 Å². The zero-order chi connectivity index (χ0) is 19.1. The number of methoxy groups -OCH3 is 2. The Labute approximate surface area is 159 Å². The highest BCUT2D eigenvalue weighted by Gasteiger charge is 2.15. The summed E-state index contributed by atoms with van der Waals surface area (Å²) in [6.07, 6.45) is 6.74. The van der Waals surface area contributed by atoms with Gasteiger partial charge in [0.25, 0.3) is 5.91 Å². The molecule has 1 aliphatic rings. The predicted molar refractivity (Wildman–Crippen MR) is 103 cm³/mol. The van der Waals surface area contributed by atoms with Crippen LogP contribution >= 0.6 is 0 Å². The zero-order valence-electron chi connectivity index (χ0n) is 15.9. The maximum absolute atomic E-state index is 12.1. The molecule has 1 amide bonds. The Kier molecular flexibility index (Phi) is 6.52. The third-order valence-electron chi connectivity index (χ3n) is 4.73. The first-order valence-corrected chi connectivity index (χ1v) is 9.28. The summed E-state index contributed by atoms with van der Waals surface area (Å²) in [5, 5.41) is 2.90. The molecule has 27 heavy (non-hydrogen) atoms. The first kappa shape index (κ1) is 19.0. The monoisotopic (exact) mass is 370 g/mol. The van der Waals surface area contributed by atoms with Gasteiger partial charge in [0, 0.05) is 24.0 Å². The number of benzene rings is 1. The summed E-state index contributed by atoms with van der Waals surface area (Å²) in [5.74, 6) is 2.04. The molecule has 1 heterocycles. The molecule has 0 bridgehead atoms. The largest absolute Gasteiger partial charge is 0.493 e. The van der Waals surface area contributed by atoms with Crippen molar-refractivity contribution in [1.29, 1.82) is 0 Å². The predicted octanol–water partition coefficient (Wildman–Crippen LogP) is 2.72.